The molecule has 0 saturated carbocycles. The summed E-state index contributed by atoms with van der Waals surface area (Å²) in [7, 11) is 3.96. The summed E-state index contributed by atoms with van der Waals surface area (Å²) in [6, 6.07) is 8.50. The molecule has 0 bridgehead atoms. The zero-order valence-corrected chi connectivity index (χ0v) is 9.79. The first-order valence-electron chi connectivity index (χ1n) is 5.65. The summed E-state index contributed by atoms with van der Waals surface area (Å²) < 4.78 is 5.55. The first-order chi connectivity index (χ1) is 7.86. The molecule has 0 saturated heterocycles. The minimum atomic E-state index is 0.344. The molecule has 3 heteroatoms. The van der Waals surface area contributed by atoms with Gasteiger partial charge >= 0.3 is 0 Å². The van der Waals surface area contributed by atoms with Crippen LogP contribution in [0.5, 0.6) is 0 Å². The van der Waals surface area contributed by atoms with Crippen molar-refractivity contribution in [1.82, 2.24) is 10.6 Å². The number of rotatable bonds is 5. The van der Waals surface area contributed by atoms with E-state index in [0.717, 1.165) is 18.5 Å². The van der Waals surface area contributed by atoms with Gasteiger partial charge in [-0.05, 0) is 33.1 Å². The Hall–Kier alpha value is -1.32. The average Bonchev–Trinajstić information content (AvgIpc) is 2.75. The van der Waals surface area contributed by atoms with E-state index in [1.165, 1.54) is 10.9 Å². The van der Waals surface area contributed by atoms with Crippen LogP contribution in [0.2, 0.25) is 0 Å². The number of fused-ring (bicyclic) bond motifs is 1. The molecule has 1 heterocycles. The van der Waals surface area contributed by atoms with Crippen molar-refractivity contribution in [3.63, 3.8) is 0 Å². The van der Waals surface area contributed by atoms with Gasteiger partial charge in [-0.2, -0.15) is 0 Å². The smallest absolute Gasteiger partial charge is 0.134 e. The summed E-state index contributed by atoms with van der Waals surface area (Å²) in [6.07, 6.45) is 2.91. The van der Waals surface area contributed by atoms with Crippen molar-refractivity contribution in [2.24, 2.45) is 0 Å². The van der Waals surface area contributed by atoms with Crippen LogP contribution in [-0.4, -0.2) is 20.6 Å². The largest absolute Gasteiger partial charge is 0.464 e. The Morgan fingerprint density at radius 1 is 1.25 bits per heavy atom. The lowest BCUT2D eigenvalue weighted by Crippen LogP contribution is -2.21. The molecule has 86 valence electrons. The van der Waals surface area contributed by atoms with E-state index in [9.17, 15) is 0 Å². The average molecular weight is 218 g/mol. The molecule has 1 aromatic carbocycles. The molecule has 1 aromatic heterocycles. The predicted molar refractivity (Wildman–Crippen MR) is 66.6 cm³/mol. The molecular formula is C13H18N2O. The lowest BCUT2D eigenvalue weighted by molar-refractivity contribution is 0.522. The second kappa shape index (κ2) is 5.14. The Kier molecular flexibility index (Phi) is 3.59. The summed E-state index contributed by atoms with van der Waals surface area (Å²) in [6.45, 7) is 0.991. The predicted octanol–water partition coefficient (Wildman–Crippen LogP) is 2.30. The van der Waals surface area contributed by atoms with Crippen molar-refractivity contribution in [1.29, 1.82) is 0 Å². The number of hydrogen-bond acceptors (Lipinski definition) is 3. The van der Waals surface area contributed by atoms with Crippen LogP contribution in [0.3, 0.4) is 0 Å². The highest BCUT2D eigenvalue weighted by Gasteiger charge is 2.14. The van der Waals surface area contributed by atoms with Crippen molar-refractivity contribution in [3.05, 3.63) is 36.1 Å². The molecule has 2 aromatic rings. The van der Waals surface area contributed by atoms with E-state index in [0.29, 0.717) is 6.04 Å². The molecule has 3 nitrogen and oxygen atoms in total. The van der Waals surface area contributed by atoms with Crippen LogP contribution in [0.4, 0.5) is 0 Å². The Bertz CT molecular complexity index is 450. The third-order valence-electron chi connectivity index (χ3n) is 2.92. The molecule has 2 N–H and O–H groups in total. The second-order valence-electron chi connectivity index (χ2n) is 3.92. The topological polar surface area (TPSA) is 37.2 Å². The van der Waals surface area contributed by atoms with E-state index in [1.54, 1.807) is 0 Å². The van der Waals surface area contributed by atoms with Gasteiger partial charge in [-0.15, -0.1) is 0 Å². The molecule has 0 amide bonds. The third-order valence-corrected chi connectivity index (χ3v) is 2.92. The Labute approximate surface area is 95.8 Å². The molecule has 0 fully saturated rings. The fourth-order valence-corrected chi connectivity index (χ4v) is 2.01. The lowest BCUT2D eigenvalue weighted by atomic mass is 10.0. The van der Waals surface area contributed by atoms with Crippen LogP contribution in [0, 0.1) is 0 Å². The standard InChI is InChI=1S/C13H18N2O/c1-14-8-7-12(15-2)11-9-16-13-6-4-3-5-10(11)13/h3-6,9,12,14-15H,7-8H2,1-2H3. The van der Waals surface area contributed by atoms with Crippen molar-refractivity contribution in [2.45, 2.75) is 12.5 Å². The van der Waals surface area contributed by atoms with E-state index >= 15 is 0 Å². The zero-order valence-electron chi connectivity index (χ0n) is 9.79. The Morgan fingerprint density at radius 3 is 2.81 bits per heavy atom. The molecule has 1 unspecified atom stereocenters. The first-order valence-corrected chi connectivity index (χ1v) is 5.65. The van der Waals surface area contributed by atoms with Crippen LogP contribution in [-0.2, 0) is 0 Å². The van der Waals surface area contributed by atoms with Crippen molar-refractivity contribution in [2.75, 3.05) is 20.6 Å². The molecular weight excluding hydrogens is 200 g/mol. The highest BCUT2D eigenvalue weighted by atomic mass is 16.3. The van der Waals surface area contributed by atoms with Crippen LogP contribution in [0.1, 0.15) is 18.0 Å². The van der Waals surface area contributed by atoms with Gasteiger partial charge in [0.2, 0.25) is 0 Å². The summed E-state index contributed by atoms with van der Waals surface area (Å²) in [5, 5.41) is 7.71. The van der Waals surface area contributed by atoms with Gasteiger partial charge in [-0.25, -0.2) is 0 Å². The SMILES string of the molecule is CNCCC(NC)c1coc2ccccc12. The van der Waals surface area contributed by atoms with Gasteiger partial charge in [0.25, 0.3) is 0 Å². The third kappa shape index (κ3) is 2.10. The maximum Gasteiger partial charge on any atom is 0.134 e. The Morgan fingerprint density at radius 2 is 2.06 bits per heavy atom. The molecule has 0 aliphatic carbocycles. The highest BCUT2D eigenvalue weighted by Crippen LogP contribution is 2.27. The fourth-order valence-electron chi connectivity index (χ4n) is 2.01. The van der Waals surface area contributed by atoms with E-state index in [2.05, 4.69) is 16.7 Å². The normalized spacial score (nSPS) is 13.1. The fraction of sp³-hybridized carbons (Fsp3) is 0.385. The van der Waals surface area contributed by atoms with E-state index in [-0.39, 0.29) is 0 Å². The molecule has 2 rings (SSSR count). The van der Waals surface area contributed by atoms with Gasteiger partial charge in [0.05, 0.1) is 6.26 Å². The van der Waals surface area contributed by atoms with Gasteiger partial charge in [0.15, 0.2) is 0 Å². The van der Waals surface area contributed by atoms with Crippen molar-refractivity contribution >= 4 is 11.0 Å². The molecule has 1 atom stereocenters. The van der Waals surface area contributed by atoms with Crippen LogP contribution in [0.25, 0.3) is 11.0 Å². The van der Waals surface area contributed by atoms with Crippen molar-refractivity contribution in [3.8, 4) is 0 Å². The zero-order chi connectivity index (χ0) is 11.4. The number of para-hydroxylation sites is 1. The molecule has 0 aliphatic rings. The second-order valence-corrected chi connectivity index (χ2v) is 3.92. The van der Waals surface area contributed by atoms with Gasteiger partial charge in [0.1, 0.15) is 5.58 Å². The van der Waals surface area contributed by atoms with E-state index in [1.807, 2.05) is 38.6 Å². The summed E-state index contributed by atoms with van der Waals surface area (Å²) in [5.41, 5.74) is 2.20. The minimum Gasteiger partial charge on any atom is -0.464 e. The van der Waals surface area contributed by atoms with Crippen LogP contribution < -0.4 is 10.6 Å². The quantitative estimate of drug-likeness (QED) is 0.808. The molecule has 16 heavy (non-hydrogen) atoms. The number of hydrogen-bond donors (Lipinski definition) is 2. The van der Waals surface area contributed by atoms with E-state index < -0.39 is 0 Å². The Balaban J connectivity index is 2.30. The number of benzene rings is 1. The van der Waals surface area contributed by atoms with E-state index in [4.69, 9.17) is 4.42 Å². The van der Waals surface area contributed by atoms with Crippen LogP contribution in [0.15, 0.2) is 34.9 Å². The molecule has 0 aliphatic heterocycles. The summed E-state index contributed by atoms with van der Waals surface area (Å²) in [4.78, 5) is 0. The maximum atomic E-state index is 5.55. The maximum absolute atomic E-state index is 5.55. The lowest BCUT2D eigenvalue weighted by Gasteiger charge is -2.14. The molecule has 0 radical (unpaired) electrons. The van der Waals surface area contributed by atoms with Gasteiger partial charge in [0, 0.05) is 17.0 Å². The summed E-state index contributed by atoms with van der Waals surface area (Å²) >= 11 is 0. The highest BCUT2D eigenvalue weighted by molar-refractivity contribution is 5.81. The van der Waals surface area contributed by atoms with Crippen LogP contribution >= 0.6 is 0 Å². The monoisotopic (exact) mass is 218 g/mol. The number of nitrogens with one attached hydrogen (secondary N) is 2. The minimum absolute atomic E-state index is 0.344. The molecule has 0 spiro atoms. The first kappa shape index (κ1) is 11.2. The number of furan rings is 1. The van der Waals surface area contributed by atoms with Gasteiger partial charge < -0.3 is 15.1 Å². The van der Waals surface area contributed by atoms with Gasteiger partial charge in [-0.3, -0.25) is 0 Å². The summed E-state index contributed by atoms with van der Waals surface area (Å²) in [5.74, 6) is 0. The van der Waals surface area contributed by atoms with Crippen molar-refractivity contribution < 1.29 is 4.42 Å². The van der Waals surface area contributed by atoms with Gasteiger partial charge in [-0.1, -0.05) is 18.2 Å².